The number of carbonyl (C=O) groups is 2. The van der Waals surface area contributed by atoms with E-state index >= 15 is 0 Å². The minimum Gasteiger partial charge on any atom is -0.493 e. The predicted molar refractivity (Wildman–Crippen MR) is 88.2 cm³/mol. The molecule has 1 aliphatic rings. The first-order chi connectivity index (χ1) is 12.0. The van der Waals surface area contributed by atoms with Gasteiger partial charge in [-0.25, -0.2) is 4.79 Å². The quantitative estimate of drug-likeness (QED) is 0.709. The number of para-hydroxylation sites is 1. The Morgan fingerprint density at radius 3 is 2.80 bits per heavy atom. The predicted octanol–water partition coefficient (Wildman–Crippen LogP) is 1.14. The minimum atomic E-state index is -1.13. The molecule has 8 nitrogen and oxygen atoms in total. The number of nitrogens with zero attached hydrogens (tertiary/aromatic N) is 1. The molecule has 2 rings (SSSR count). The fraction of sp³-hybridized carbons (Fsp3) is 0.118. The van der Waals surface area contributed by atoms with Crippen molar-refractivity contribution in [3.8, 4) is 17.6 Å². The summed E-state index contributed by atoms with van der Waals surface area (Å²) < 4.78 is 10.5. The molecule has 0 atom stereocenters. The van der Waals surface area contributed by atoms with Gasteiger partial charge >= 0.3 is 5.97 Å². The smallest absolute Gasteiger partial charge is 0.341 e. The number of nitrogens with one attached hydrogen (secondary N) is 2. The van der Waals surface area contributed by atoms with Crippen molar-refractivity contribution in [3.63, 3.8) is 0 Å². The van der Waals surface area contributed by atoms with Crippen LogP contribution >= 0.6 is 0 Å². The van der Waals surface area contributed by atoms with Gasteiger partial charge in [0.25, 0.3) is 5.91 Å². The summed E-state index contributed by atoms with van der Waals surface area (Å²) in [5.74, 6) is -0.841. The van der Waals surface area contributed by atoms with Crippen LogP contribution in [-0.2, 0) is 9.59 Å². The van der Waals surface area contributed by atoms with Gasteiger partial charge < -0.3 is 25.2 Å². The summed E-state index contributed by atoms with van der Waals surface area (Å²) >= 11 is 0. The lowest BCUT2D eigenvalue weighted by molar-refractivity contribution is -0.139. The van der Waals surface area contributed by atoms with Gasteiger partial charge in [-0.2, -0.15) is 5.26 Å². The van der Waals surface area contributed by atoms with Gasteiger partial charge in [-0.3, -0.25) is 4.79 Å². The number of aliphatic carboxylic acids is 1. The molecule has 1 amide bonds. The Balaban J connectivity index is 2.40. The topological polar surface area (TPSA) is 121 Å². The molecule has 0 saturated carbocycles. The number of hydrogen-bond donors (Lipinski definition) is 3. The molecule has 0 bridgehead atoms. The van der Waals surface area contributed by atoms with E-state index in [0.717, 1.165) is 0 Å². The van der Waals surface area contributed by atoms with Crippen molar-refractivity contribution in [3.05, 3.63) is 53.5 Å². The third-order valence-electron chi connectivity index (χ3n) is 3.16. The van der Waals surface area contributed by atoms with Crippen molar-refractivity contribution in [2.45, 2.75) is 0 Å². The Kier molecular flexibility index (Phi) is 5.43. The maximum Gasteiger partial charge on any atom is 0.341 e. The normalized spacial score (nSPS) is 13.9. The number of hydrogen-bond acceptors (Lipinski definition) is 6. The van der Waals surface area contributed by atoms with Gasteiger partial charge in [0.15, 0.2) is 18.1 Å². The fourth-order valence-electron chi connectivity index (χ4n) is 2.10. The average molecular weight is 341 g/mol. The van der Waals surface area contributed by atoms with Crippen LogP contribution in [0.3, 0.4) is 0 Å². The SMILES string of the molecule is C=C1NC(=O)C(C#N)=C(/C=C/c2cccc(OC)c2OCC(=O)O)N1. The van der Waals surface area contributed by atoms with E-state index in [1.54, 1.807) is 24.3 Å². The number of rotatable bonds is 6. The van der Waals surface area contributed by atoms with Gasteiger partial charge in [0.05, 0.1) is 12.8 Å². The third kappa shape index (κ3) is 4.17. The average Bonchev–Trinajstić information content (AvgIpc) is 2.57. The number of ether oxygens (including phenoxy) is 2. The van der Waals surface area contributed by atoms with Gasteiger partial charge in [0, 0.05) is 5.56 Å². The number of carboxylic acids is 1. The van der Waals surface area contributed by atoms with Crippen molar-refractivity contribution >= 4 is 18.0 Å². The molecule has 0 radical (unpaired) electrons. The molecule has 1 heterocycles. The van der Waals surface area contributed by atoms with E-state index in [4.69, 9.17) is 19.8 Å². The van der Waals surface area contributed by atoms with E-state index in [1.807, 2.05) is 6.07 Å². The van der Waals surface area contributed by atoms with Gasteiger partial charge in [0.1, 0.15) is 17.5 Å². The molecule has 0 saturated heterocycles. The number of benzene rings is 1. The highest BCUT2D eigenvalue weighted by molar-refractivity contribution is 6.00. The van der Waals surface area contributed by atoms with E-state index in [0.29, 0.717) is 11.3 Å². The number of carboxylic acid groups (broad SMARTS) is 1. The summed E-state index contributed by atoms with van der Waals surface area (Å²) in [6.07, 6.45) is 3.08. The van der Waals surface area contributed by atoms with E-state index in [-0.39, 0.29) is 22.8 Å². The first-order valence-corrected chi connectivity index (χ1v) is 7.07. The van der Waals surface area contributed by atoms with E-state index in [1.165, 1.54) is 13.2 Å². The van der Waals surface area contributed by atoms with Crippen molar-refractivity contribution < 1.29 is 24.2 Å². The maximum atomic E-state index is 11.8. The summed E-state index contributed by atoms with van der Waals surface area (Å²) in [7, 11) is 1.43. The van der Waals surface area contributed by atoms with Gasteiger partial charge in [-0.15, -0.1) is 0 Å². The number of allylic oxidation sites excluding steroid dienone is 1. The van der Waals surface area contributed by atoms with Crippen LogP contribution in [0.2, 0.25) is 0 Å². The van der Waals surface area contributed by atoms with Crippen LogP contribution < -0.4 is 20.1 Å². The fourth-order valence-corrected chi connectivity index (χ4v) is 2.10. The zero-order chi connectivity index (χ0) is 18.4. The van der Waals surface area contributed by atoms with Crippen molar-refractivity contribution in [1.29, 1.82) is 5.26 Å². The number of amides is 1. The second-order valence-electron chi connectivity index (χ2n) is 4.85. The Labute approximate surface area is 143 Å². The molecule has 0 unspecified atom stereocenters. The molecule has 0 aromatic heterocycles. The number of carbonyl (C=O) groups excluding carboxylic acids is 1. The lowest BCUT2D eigenvalue weighted by atomic mass is 10.1. The lowest BCUT2D eigenvalue weighted by Crippen LogP contribution is -2.37. The molecule has 1 aromatic carbocycles. The molecular weight excluding hydrogens is 326 g/mol. The zero-order valence-corrected chi connectivity index (χ0v) is 13.3. The molecular formula is C17H15N3O5. The molecule has 3 N–H and O–H groups in total. The summed E-state index contributed by atoms with van der Waals surface area (Å²) in [6, 6.07) is 6.83. The Morgan fingerprint density at radius 2 is 2.16 bits per heavy atom. The lowest BCUT2D eigenvalue weighted by Gasteiger charge is -2.18. The van der Waals surface area contributed by atoms with Crippen LogP contribution in [0.4, 0.5) is 0 Å². The number of methoxy groups -OCH3 is 1. The second kappa shape index (κ2) is 7.70. The van der Waals surface area contributed by atoms with E-state index < -0.39 is 18.5 Å². The largest absolute Gasteiger partial charge is 0.493 e. The molecule has 0 fully saturated rings. The molecule has 0 spiro atoms. The van der Waals surface area contributed by atoms with Crippen LogP contribution in [0.25, 0.3) is 6.08 Å². The maximum absolute atomic E-state index is 11.8. The van der Waals surface area contributed by atoms with Crippen LogP contribution in [0.15, 0.2) is 47.9 Å². The third-order valence-corrected chi connectivity index (χ3v) is 3.16. The molecule has 25 heavy (non-hydrogen) atoms. The monoisotopic (exact) mass is 341 g/mol. The van der Waals surface area contributed by atoms with Crippen LogP contribution in [-0.4, -0.2) is 30.7 Å². The Morgan fingerprint density at radius 1 is 1.40 bits per heavy atom. The van der Waals surface area contributed by atoms with Crippen LogP contribution in [0.5, 0.6) is 11.5 Å². The highest BCUT2D eigenvalue weighted by Crippen LogP contribution is 2.32. The molecule has 0 aliphatic carbocycles. The Bertz CT molecular complexity index is 833. The molecule has 1 aromatic rings. The summed E-state index contributed by atoms with van der Waals surface area (Å²) in [4.78, 5) is 22.5. The zero-order valence-electron chi connectivity index (χ0n) is 13.3. The molecule has 8 heteroatoms. The minimum absolute atomic E-state index is 0.0976. The van der Waals surface area contributed by atoms with Crippen LogP contribution in [0.1, 0.15) is 5.56 Å². The highest BCUT2D eigenvalue weighted by atomic mass is 16.5. The van der Waals surface area contributed by atoms with Crippen LogP contribution in [0, 0.1) is 11.3 Å². The second-order valence-corrected chi connectivity index (χ2v) is 4.85. The standard InChI is InChI=1S/C17H15N3O5/c1-10-19-13(12(8-18)17(23)20-10)7-6-11-4-3-5-14(24-2)16(11)25-9-15(21)22/h3-7,19H,1,9H2,2H3,(H,20,23)(H,21,22)/b7-6+. The van der Waals surface area contributed by atoms with Gasteiger partial charge in [0.2, 0.25) is 0 Å². The summed E-state index contributed by atoms with van der Waals surface area (Å²) in [5, 5.41) is 23.1. The first kappa shape index (κ1) is 17.6. The summed E-state index contributed by atoms with van der Waals surface area (Å²) in [6.45, 7) is 3.06. The highest BCUT2D eigenvalue weighted by Gasteiger charge is 2.20. The summed E-state index contributed by atoms with van der Waals surface area (Å²) in [5.41, 5.74) is 0.687. The van der Waals surface area contributed by atoms with Crippen molar-refractivity contribution in [2.24, 2.45) is 0 Å². The Hall–Kier alpha value is -3.73. The molecule has 128 valence electrons. The van der Waals surface area contributed by atoms with E-state index in [2.05, 4.69) is 17.2 Å². The molecule has 1 aliphatic heterocycles. The van der Waals surface area contributed by atoms with E-state index in [9.17, 15) is 9.59 Å². The van der Waals surface area contributed by atoms with Crippen molar-refractivity contribution in [2.75, 3.05) is 13.7 Å². The van der Waals surface area contributed by atoms with Gasteiger partial charge in [-0.1, -0.05) is 18.7 Å². The van der Waals surface area contributed by atoms with Crippen molar-refractivity contribution in [1.82, 2.24) is 10.6 Å². The van der Waals surface area contributed by atoms with Gasteiger partial charge in [-0.05, 0) is 18.2 Å². The first-order valence-electron chi connectivity index (χ1n) is 7.07. The number of nitriles is 1.